The zero-order valence-electron chi connectivity index (χ0n) is 13.4. The topological polar surface area (TPSA) is 44.4 Å². The molecule has 1 atom stereocenters. The molecular formula is C17H27N3O. The molecule has 4 nitrogen and oxygen atoms in total. The number of nitrogens with zero attached hydrogens (tertiary/aromatic N) is 1. The molecule has 1 fully saturated rings. The zero-order chi connectivity index (χ0) is 15.2. The van der Waals surface area contributed by atoms with E-state index in [0.717, 1.165) is 11.4 Å². The van der Waals surface area contributed by atoms with Crippen LogP contribution in [0, 0.1) is 0 Å². The molecule has 2 rings (SSSR count). The summed E-state index contributed by atoms with van der Waals surface area (Å²) in [6.07, 6.45) is 3.65. The second-order valence-electron chi connectivity index (χ2n) is 6.16. The lowest BCUT2D eigenvalue weighted by Crippen LogP contribution is -2.32. The van der Waals surface area contributed by atoms with Crippen LogP contribution in [0.4, 0.5) is 11.4 Å². The molecule has 116 valence electrons. The van der Waals surface area contributed by atoms with Crippen molar-refractivity contribution in [3.63, 3.8) is 0 Å². The van der Waals surface area contributed by atoms with Gasteiger partial charge in [0.15, 0.2) is 0 Å². The van der Waals surface area contributed by atoms with Crippen molar-refractivity contribution < 1.29 is 4.79 Å². The Labute approximate surface area is 127 Å². The highest BCUT2D eigenvalue weighted by molar-refractivity contribution is 5.88. The van der Waals surface area contributed by atoms with Gasteiger partial charge in [-0.05, 0) is 63.9 Å². The van der Waals surface area contributed by atoms with E-state index in [1.807, 2.05) is 24.3 Å². The van der Waals surface area contributed by atoms with E-state index in [0.29, 0.717) is 12.1 Å². The van der Waals surface area contributed by atoms with E-state index in [1.54, 1.807) is 0 Å². The molecule has 1 aliphatic heterocycles. The fourth-order valence-electron chi connectivity index (χ4n) is 2.87. The van der Waals surface area contributed by atoms with Crippen molar-refractivity contribution in [3.05, 3.63) is 24.3 Å². The third kappa shape index (κ3) is 5.05. The van der Waals surface area contributed by atoms with E-state index in [1.165, 1.54) is 39.3 Å². The minimum atomic E-state index is -0.0340. The van der Waals surface area contributed by atoms with Crippen LogP contribution in [0.25, 0.3) is 0 Å². The second-order valence-corrected chi connectivity index (χ2v) is 6.16. The molecule has 21 heavy (non-hydrogen) atoms. The summed E-state index contributed by atoms with van der Waals surface area (Å²) in [6, 6.07) is 9.15. The van der Waals surface area contributed by atoms with Gasteiger partial charge >= 0.3 is 0 Å². The predicted molar refractivity (Wildman–Crippen MR) is 88.7 cm³/mol. The van der Waals surface area contributed by atoms with Crippen molar-refractivity contribution in [2.75, 3.05) is 23.7 Å². The van der Waals surface area contributed by atoms with Gasteiger partial charge in [0.2, 0.25) is 5.91 Å². The quantitative estimate of drug-likeness (QED) is 0.893. The van der Waals surface area contributed by atoms with E-state index in [9.17, 15) is 4.79 Å². The first-order chi connectivity index (χ1) is 10.0. The molecular weight excluding hydrogens is 262 g/mol. The van der Waals surface area contributed by atoms with E-state index < -0.39 is 0 Å². The summed E-state index contributed by atoms with van der Waals surface area (Å²) in [7, 11) is 0. The van der Waals surface area contributed by atoms with Gasteiger partial charge in [0.1, 0.15) is 0 Å². The highest BCUT2D eigenvalue weighted by atomic mass is 16.1. The second kappa shape index (κ2) is 7.46. The molecule has 1 unspecified atom stereocenters. The summed E-state index contributed by atoms with van der Waals surface area (Å²) in [6.45, 7) is 8.44. The lowest BCUT2D eigenvalue weighted by atomic mass is 10.1. The molecule has 1 saturated heterocycles. The molecule has 0 radical (unpaired) electrons. The first-order valence-corrected chi connectivity index (χ1v) is 7.93. The van der Waals surface area contributed by atoms with Gasteiger partial charge in [-0.3, -0.25) is 4.79 Å². The molecule has 1 aromatic carbocycles. The molecule has 4 heteroatoms. The Bertz CT molecular complexity index is 456. The Morgan fingerprint density at radius 2 is 1.81 bits per heavy atom. The van der Waals surface area contributed by atoms with Gasteiger partial charge in [-0.2, -0.15) is 0 Å². The molecule has 1 heterocycles. The molecule has 1 aliphatic rings. The van der Waals surface area contributed by atoms with Crippen LogP contribution in [0.3, 0.4) is 0 Å². The molecule has 1 amide bonds. The monoisotopic (exact) mass is 289 g/mol. The zero-order valence-corrected chi connectivity index (χ0v) is 13.4. The van der Waals surface area contributed by atoms with Crippen molar-refractivity contribution in [2.24, 2.45) is 0 Å². The van der Waals surface area contributed by atoms with Crippen LogP contribution in [-0.4, -0.2) is 36.0 Å². The molecule has 2 N–H and O–H groups in total. The highest BCUT2D eigenvalue weighted by Crippen LogP contribution is 2.19. The number of benzene rings is 1. The summed E-state index contributed by atoms with van der Waals surface area (Å²) < 4.78 is 0. The van der Waals surface area contributed by atoms with E-state index in [-0.39, 0.29) is 5.91 Å². The Hall–Kier alpha value is -1.55. The van der Waals surface area contributed by atoms with Gasteiger partial charge in [-0.1, -0.05) is 0 Å². The first-order valence-electron chi connectivity index (χ1n) is 7.93. The largest absolute Gasteiger partial charge is 0.382 e. The number of hydrogen-bond acceptors (Lipinski definition) is 3. The minimum Gasteiger partial charge on any atom is -0.382 e. The van der Waals surface area contributed by atoms with Crippen LogP contribution < -0.4 is 10.6 Å². The van der Waals surface area contributed by atoms with Crippen molar-refractivity contribution >= 4 is 17.3 Å². The predicted octanol–water partition coefficient (Wildman–Crippen LogP) is 3.32. The van der Waals surface area contributed by atoms with Gasteiger partial charge in [0, 0.05) is 36.9 Å². The fraction of sp³-hybridized carbons (Fsp3) is 0.588. The summed E-state index contributed by atoms with van der Waals surface area (Å²) in [4.78, 5) is 13.6. The number of likely N-dealkylation sites (tertiary alicyclic amines) is 1. The Morgan fingerprint density at radius 3 is 2.43 bits per heavy atom. The maximum atomic E-state index is 11.0. The lowest BCUT2D eigenvalue weighted by Gasteiger charge is -2.24. The summed E-state index contributed by atoms with van der Waals surface area (Å²) in [5.74, 6) is -0.0340. The van der Waals surface area contributed by atoms with Crippen LogP contribution in [0.1, 0.15) is 40.0 Å². The number of carbonyl (C=O) groups is 1. The summed E-state index contributed by atoms with van der Waals surface area (Å²) in [5.41, 5.74) is 1.98. The third-order valence-electron chi connectivity index (χ3n) is 4.07. The van der Waals surface area contributed by atoms with Gasteiger partial charge in [0.25, 0.3) is 0 Å². The average Bonchev–Trinajstić information content (AvgIpc) is 2.66. The van der Waals surface area contributed by atoms with Gasteiger partial charge in [-0.25, -0.2) is 0 Å². The van der Waals surface area contributed by atoms with Crippen LogP contribution in [0.5, 0.6) is 0 Å². The van der Waals surface area contributed by atoms with E-state index in [4.69, 9.17) is 0 Å². The van der Waals surface area contributed by atoms with Gasteiger partial charge in [0.05, 0.1) is 0 Å². The molecule has 0 spiro atoms. The Balaban J connectivity index is 1.88. The molecule has 1 aromatic rings. The van der Waals surface area contributed by atoms with Crippen LogP contribution in [0.15, 0.2) is 24.3 Å². The molecule has 0 saturated carbocycles. The maximum Gasteiger partial charge on any atom is 0.221 e. The standard InChI is InChI=1S/C17H27N3O/c1-13(2)20-11-4-5-15(10-12-20)19-17-8-6-16(7-9-17)18-14(3)21/h6-9,13,15,19H,4-5,10-12H2,1-3H3,(H,18,21). The SMILES string of the molecule is CC(=O)Nc1ccc(NC2CCCN(C(C)C)CC2)cc1. The smallest absolute Gasteiger partial charge is 0.221 e. The van der Waals surface area contributed by atoms with Crippen LogP contribution in [-0.2, 0) is 4.79 Å². The summed E-state index contributed by atoms with van der Waals surface area (Å²) in [5, 5.41) is 6.41. The Morgan fingerprint density at radius 1 is 1.14 bits per heavy atom. The molecule has 0 aromatic heterocycles. The minimum absolute atomic E-state index is 0.0340. The number of nitrogens with one attached hydrogen (secondary N) is 2. The normalized spacial score (nSPS) is 20.1. The average molecular weight is 289 g/mol. The van der Waals surface area contributed by atoms with Crippen molar-refractivity contribution in [1.29, 1.82) is 0 Å². The highest BCUT2D eigenvalue weighted by Gasteiger charge is 2.18. The number of amides is 1. The fourth-order valence-corrected chi connectivity index (χ4v) is 2.87. The molecule has 0 aliphatic carbocycles. The van der Waals surface area contributed by atoms with Crippen LogP contribution >= 0.6 is 0 Å². The van der Waals surface area contributed by atoms with Gasteiger partial charge in [-0.15, -0.1) is 0 Å². The van der Waals surface area contributed by atoms with E-state index >= 15 is 0 Å². The number of rotatable bonds is 4. The molecule has 0 bridgehead atoms. The summed E-state index contributed by atoms with van der Waals surface area (Å²) >= 11 is 0. The lowest BCUT2D eigenvalue weighted by molar-refractivity contribution is -0.114. The van der Waals surface area contributed by atoms with Crippen molar-refractivity contribution in [2.45, 2.75) is 52.1 Å². The van der Waals surface area contributed by atoms with Crippen molar-refractivity contribution in [1.82, 2.24) is 4.90 Å². The number of carbonyl (C=O) groups excluding carboxylic acids is 1. The van der Waals surface area contributed by atoms with Crippen molar-refractivity contribution in [3.8, 4) is 0 Å². The number of anilines is 2. The van der Waals surface area contributed by atoms with Gasteiger partial charge < -0.3 is 15.5 Å². The maximum absolute atomic E-state index is 11.0. The van der Waals surface area contributed by atoms with Crippen LogP contribution in [0.2, 0.25) is 0 Å². The van der Waals surface area contributed by atoms with E-state index in [2.05, 4.69) is 29.4 Å². The third-order valence-corrected chi connectivity index (χ3v) is 4.07. The number of hydrogen-bond donors (Lipinski definition) is 2. The first kappa shape index (κ1) is 15.8. The Kier molecular flexibility index (Phi) is 5.62.